The van der Waals surface area contributed by atoms with Crippen LogP contribution in [0.15, 0.2) is 12.3 Å². The van der Waals surface area contributed by atoms with Gasteiger partial charge < -0.3 is 10.6 Å². The lowest BCUT2D eigenvalue weighted by Crippen LogP contribution is -2.30. The number of nitriles is 1. The standard InChI is InChI=1S/C12H15N5O2/c1-8(14)10-2-3-16(7-10)12-11(17(18)19)4-9(5-13)6-15-12/h4,6,8,10H,2-3,7,14H2,1H3. The number of hydrogen-bond donors (Lipinski definition) is 1. The lowest BCUT2D eigenvalue weighted by molar-refractivity contribution is -0.384. The number of anilines is 1. The highest BCUT2D eigenvalue weighted by molar-refractivity contribution is 5.60. The van der Waals surface area contributed by atoms with Gasteiger partial charge in [-0.2, -0.15) is 5.26 Å². The van der Waals surface area contributed by atoms with Crippen molar-refractivity contribution < 1.29 is 4.92 Å². The molecule has 2 heterocycles. The highest BCUT2D eigenvalue weighted by Gasteiger charge is 2.30. The number of aromatic nitrogens is 1. The summed E-state index contributed by atoms with van der Waals surface area (Å²) in [7, 11) is 0. The van der Waals surface area contributed by atoms with Crippen LogP contribution in [0.25, 0.3) is 0 Å². The summed E-state index contributed by atoms with van der Waals surface area (Å²) >= 11 is 0. The summed E-state index contributed by atoms with van der Waals surface area (Å²) in [6, 6.07) is 3.18. The highest BCUT2D eigenvalue weighted by atomic mass is 16.6. The van der Waals surface area contributed by atoms with Crippen molar-refractivity contribution in [2.75, 3.05) is 18.0 Å². The summed E-state index contributed by atoms with van der Waals surface area (Å²) in [6.45, 7) is 3.30. The first-order valence-corrected chi connectivity index (χ1v) is 6.08. The van der Waals surface area contributed by atoms with Gasteiger partial charge in [-0.3, -0.25) is 10.1 Å². The Kier molecular flexibility index (Phi) is 3.62. The van der Waals surface area contributed by atoms with Gasteiger partial charge in [0.15, 0.2) is 0 Å². The average molecular weight is 261 g/mol. The first kappa shape index (κ1) is 13.2. The van der Waals surface area contributed by atoms with Gasteiger partial charge in [-0.15, -0.1) is 0 Å². The third-order valence-corrected chi connectivity index (χ3v) is 3.44. The van der Waals surface area contributed by atoms with E-state index < -0.39 is 4.92 Å². The monoisotopic (exact) mass is 261 g/mol. The van der Waals surface area contributed by atoms with Gasteiger partial charge >= 0.3 is 5.69 Å². The van der Waals surface area contributed by atoms with Gasteiger partial charge in [0.2, 0.25) is 5.82 Å². The molecule has 1 aliphatic heterocycles. The van der Waals surface area contributed by atoms with Crippen LogP contribution in [0, 0.1) is 27.4 Å². The fourth-order valence-corrected chi connectivity index (χ4v) is 2.29. The topological polar surface area (TPSA) is 109 Å². The minimum Gasteiger partial charge on any atom is -0.351 e. The van der Waals surface area contributed by atoms with Gasteiger partial charge in [-0.25, -0.2) is 4.98 Å². The number of nitrogens with zero attached hydrogens (tertiary/aromatic N) is 4. The molecule has 2 rings (SSSR count). The molecule has 1 aliphatic rings. The molecular weight excluding hydrogens is 246 g/mol. The van der Waals surface area contributed by atoms with E-state index in [9.17, 15) is 10.1 Å². The third kappa shape index (κ3) is 2.63. The second kappa shape index (κ2) is 5.20. The molecule has 0 bridgehead atoms. The van der Waals surface area contributed by atoms with E-state index in [4.69, 9.17) is 11.0 Å². The lowest BCUT2D eigenvalue weighted by Gasteiger charge is -2.18. The van der Waals surface area contributed by atoms with Crippen LogP contribution in [0.5, 0.6) is 0 Å². The number of nitrogens with two attached hydrogens (primary N) is 1. The van der Waals surface area contributed by atoms with Crippen molar-refractivity contribution >= 4 is 11.5 Å². The summed E-state index contributed by atoms with van der Waals surface area (Å²) in [5.74, 6) is 0.643. The Hall–Kier alpha value is -2.20. The van der Waals surface area contributed by atoms with Crippen molar-refractivity contribution in [3.63, 3.8) is 0 Å². The molecule has 1 saturated heterocycles. The first-order chi connectivity index (χ1) is 9.02. The number of pyridine rings is 1. The Balaban J connectivity index is 2.31. The number of hydrogen-bond acceptors (Lipinski definition) is 6. The zero-order valence-electron chi connectivity index (χ0n) is 10.6. The van der Waals surface area contributed by atoms with E-state index in [1.54, 1.807) is 0 Å². The Morgan fingerprint density at radius 3 is 3.00 bits per heavy atom. The molecule has 2 atom stereocenters. The SMILES string of the molecule is CC(N)C1CCN(c2ncc(C#N)cc2[N+](=O)[O-])C1. The Labute approximate surface area is 110 Å². The molecule has 0 aliphatic carbocycles. The van der Waals surface area contributed by atoms with Crippen LogP contribution in [0.3, 0.4) is 0 Å². The van der Waals surface area contributed by atoms with Crippen LogP contribution in [0.4, 0.5) is 11.5 Å². The van der Waals surface area contributed by atoms with Gasteiger partial charge in [-0.1, -0.05) is 0 Å². The summed E-state index contributed by atoms with van der Waals surface area (Å²) in [5, 5.41) is 19.8. The normalized spacial score (nSPS) is 20.1. The molecule has 0 aromatic carbocycles. The van der Waals surface area contributed by atoms with Crippen LogP contribution in [-0.4, -0.2) is 29.0 Å². The molecule has 7 heteroatoms. The van der Waals surface area contributed by atoms with Gasteiger partial charge in [-0.05, 0) is 19.3 Å². The summed E-state index contributed by atoms with van der Waals surface area (Å²) < 4.78 is 0. The van der Waals surface area contributed by atoms with Crippen molar-refractivity contribution in [2.45, 2.75) is 19.4 Å². The van der Waals surface area contributed by atoms with Crippen molar-refractivity contribution in [1.29, 1.82) is 5.26 Å². The third-order valence-electron chi connectivity index (χ3n) is 3.44. The maximum Gasteiger partial charge on any atom is 0.312 e. The lowest BCUT2D eigenvalue weighted by atomic mass is 10.0. The second-order valence-corrected chi connectivity index (χ2v) is 4.79. The summed E-state index contributed by atoms with van der Waals surface area (Å²) in [6.07, 6.45) is 2.26. The minimum absolute atomic E-state index is 0.0578. The summed E-state index contributed by atoms with van der Waals surface area (Å²) in [5.41, 5.74) is 5.93. The minimum atomic E-state index is -0.498. The van der Waals surface area contributed by atoms with Crippen molar-refractivity contribution in [3.8, 4) is 6.07 Å². The molecule has 7 nitrogen and oxygen atoms in total. The smallest absolute Gasteiger partial charge is 0.312 e. The fraction of sp³-hybridized carbons (Fsp3) is 0.500. The van der Waals surface area contributed by atoms with Gasteiger partial charge in [0.05, 0.1) is 10.5 Å². The largest absolute Gasteiger partial charge is 0.351 e. The molecule has 0 saturated carbocycles. The fourth-order valence-electron chi connectivity index (χ4n) is 2.29. The second-order valence-electron chi connectivity index (χ2n) is 4.79. The quantitative estimate of drug-likeness (QED) is 0.643. The van der Waals surface area contributed by atoms with Crippen molar-refractivity contribution in [3.05, 3.63) is 27.9 Å². The van der Waals surface area contributed by atoms with Crippen LogP contribution in [0.1, 0.15) is 18.9 Å². The van der Waals surface area contributed by atoms with E-state index in [1.807, 2.05) is 17.9 Å². The predicted molar refractivity (Wildman–Crippen MR) is 69.6 cm³/mol. The van der Waals surface area contributed by atoms with E-state index in [2.05, 4.69) is 4.98 Å². The van der Waals surface area contributed by atoms with Gasteiger partial charge in [0.25, 0.3) is 0 Å². The molecule has 0 spiro atoms. The maximum atomic E-state index is 11.1. The van der Waals surface area contributed by atoms with E-state index >= 15 is 0 Å². The Morgan fingerprint density at radius 2 is 2.47 bits per heavy atom. The molecule has 19 heavy (non-hydrogen) atoms. The van der Waals surface area contributed by atoms with Crippen LogP contribution in [0.2, 0.25) is 0 Å². The van der Waals surface area contributed by atoms with Crippen molar-refractivity contribution in [2.24, 2.45) is 11.7 Å². The van der Waals surface area contributed by atoms with E-state index in [-0.39, 0.29) is 17.3 Å². The molecule has 2 N–H and O–H groups in total. The highest BCUT2D eigenvalue weighted by Crippen LogP contribution is 2.31. The van der Waals surface area contributed by atoms with E-state index in [1.165, 1.54) is 12.3 Å². The van der Waals surface area contributed by atoms with Crippen LogP contribution >= 0.6 is 0 Å². The molecule has 2 unspecified atom stereocenters. The molecule has 0 radical (unpaired) electrons. The van der Waals surface area contributed by atoms with Crippen LogP contribution in [-0.2, 0) is 0 Å². The zero-order valence-corrected chi connectivity index (χ0v) is 10.6. The molecule has 0 amide bonds. The average Bonchev–Trinajstić information content (AvgIpc) is 2.87. The van der Waals surface area contributed by atoms with Gasteiger partial charge in [0, 0.05) is 31.4 Å². The molecule has 100 valence electrons. The first-order valence-electron chi connectivity index (χ1n) is 6.08. The number of nitro groups is 1. The molecule has 1 fully saturated rings. The van der Waals surface area contributed by atoms with E-state index in [0.717, 1.165) is 6.42 Å². The molecule has 1 aromatic rings. The van der Waals surface area contributed by atoms with Crippen LogP contribution < -0.4 is 10.6 Å². The molecular formula is C12H15N5O2. The molecule has 1 aromatic heterocycles. The Morgan fingerprint density at radius 1 is 1.74 bits per heavy atom. The Bertz CT molecular complexity index is 537. The van der Waals surface area contributed by atoms with E-state index in [0.29, 0.717) is 24.8 Å². The predicted octanol–water partition coefficient (Wildman–Crippen LogP) is 1.03. The van der Waals surface area contributed by atoms with Crippen molar-refractivity contribution in [1.82, 2.24) is 4.98 Å². The number of rotatable bonds is 3. The zero-order chi connectivity index (χ0) is 14.0. The van der Waals surface area contributed by atoms with Gasteiger partial charge in [0.1, 0.15) is 6.07 Å². The maximum absolute atomic E-state index is 11.1. The summed E-state index contributed by atoms with van der Waals surface area (Å²) in [4.78, 5) is 16.5.